The lowest BCUT2D eigenvalue weighted by molar-refractivity contribution is -0.159. The number of benzene rings is 2. The van der Waals surface area contributed by atoms with Crippen LogP contribution >= 0.6 is 12.6 Å². The topological polar surface area (TPSA) is 134 Å². The molecule has 10 nitrogen and oxygen atoms in total. The number of aromatic hydroxyl groups is 1. The second-order valence-corrected chi connectivity index (χ2v) is 14.7. The van der Waals surface area contributed by atoms with Crippen molar-refractivity contribution in [1.29, 1.82) is 0 Å². The van der Waals surface area contributed by atoms with E-state index in [0.717, 1.165) is 37.7 Å². The molecule has 3 amide bonds. The smallest absolute Gasteiger partial charge is 0.408 e. The van der Waals surface area contributed by atoms with Gasteiger partial charge in [0, 0.05) is 24.3 Å². The van der Waals surface area contributed by atoms with Crippen molar-refractivity contribution >= 4 is 36.5 Å². The van der Waals surface area contributed by atoms with Gasteiger partial charge in [-0.3, -0.25) is 9.59 Å². The van der Waals surface area contributed by atoms with Crippen molar-refractivity contribution < 1.29 is 33.8 Å². The number of alkyl carbamates (subject to hydrolysis) is 1. The molecule has 3 atom stereocenters. The number of hydrogen-bond acceptors (Lipinski definition) is 8. The Balaban J connectivity index is 2.62. The molecule has 0 fully saturated rings. The lowest BCUT2D eigenvalue weighted by atomic mass is 9.97. The number of aryl methyl sites for hydroxylation is 1. The number of nitrogens with one attached hydrogen (secondary N) is 2. The number of ether oxygens (including phenoxy) is 2. The number of thiol groups is 1. The van der Waals surface area contributed by atoms with Crippen LogP contribution in [0, 0.1) is 6.92 Å². The maximum atomic E-state index is 14.6. The fourth-order valence-electron chi connectivity index (χ4n) is 5.28. The minimum absolute atomic E-state index is 0.0756. The van der Waals surface area contributed by atoms with Gasteiger partial charge in [0.15, 0.2) is 0 Å². The highest BCUT2D eigenvalue weighted by molar-refractivity contribution is 7.80. The second-order valence-electron chi connectivity index (χ2n) is 14.4. The van der Waals surface area contributed by atoms with Gasteiger partial charge in [-0.1, -0.05) is 87.6 Å². The number of carbonyl (C=O) groups excluding carboxylic acids is 4. The lowest BCUT2D eigenvalue weighted by Gasteiger charge is -2.35. The van der Waals surface area contributed by atoms with Crippen molar-refractivity contribution in [2.45, 2.75) is 130 Å². The average Bonchev–Trinajstić information content (AvgIpc) is 3.01. The number of nitrogens with zero attached hydrogens (tertiary/aromatic N) is 1. The standard InChI is InChI=1S/C38H57N3O7S/c1-9-10-11-12-13-17-23-41(34(44)30(25-49)40-36(46)48-38(6,7)8)31(28-22-18-19-26(2)32(28)42)33(43)39-29(35(45)47-37(3,4)5)24-27-20-15-14-16-21-27/h14-16,18-22,29-31,42,49H,9-13,17,23-25H2,1-8H3,(H,39,43)(H,40,46). The summed E-state index contributed by atoms with van der Waals surface area (Å²) in [6.45, 7) is 14.4. The Labute approximate surface area is 298 Å². The molecule has 0 heterocycles. The molecule has 272 valence electrons. The Bertz CT molecular complexity index is 1370. The molecule has 11 heteroatoms. The minimum atomic E-state index is -1.36. The van der Waals surface area contributed by atoms with E-state index >= 15 is 0 Å². The van der Waals surface area contributed by atoms with Crippen LogP contribution in [0.25, 0.3) is 0 Å². The normalized spacial score (nSPS) is 13.5. The quantitative estimate of drug-likeness (QED) is 0.0809. The van der Waals surface area contributed by atoms with E-state index in [4.69, 9.17) is 9.47 Å². The molecule has 0 bridgehead atoms. The molecule has 0 aliphatic heterocycles. The van der Waals surface area contributed by atoms with Crippen molar-refractivity contribution in [2.24, 2.45) is 0 Å². The van der Waals surface area contributed by atoms with Crippen LogP contribution in [0.3, 0.4) is 0 Å². The van der Waals surface area contributed by atoms with Gasteiger partial charge in [-0.15, -0.1) is 0 Å². The molecule has 3 unspecified atom stereocenters. The molecule has 49 heavy (non-hydrogen) atoms. The number of para-hydroxylation sites is 1. The molecule has 2 rings (SSSR count). The van der Waals surface area contributed by atoms with Crippen LogP contribution in [0.4, 0.5) is 4.79 Å². The zero-order valence-electron chi connectivity index (χ0n) is 30.5. The summed E-state index contributed by atoms with van der Waals surface area (Å²) in [5.74, 6) is -2.11. The van der Waals surface area contributed by atoms with Gasteiger partial charge in [-0.2, -0.15) is 12.6 Å². The fraction of sp³-hybridized carbons (Fsp3) is 0.579. The highest BCUT2D eigenvalue weighted by Crippen LogP contribution is 2.33. The van der Waals surface area contributed by atoms with E-state index < -0.39 is 53.2 Å². The summed E-state index contributed by atoms with van der Waals surface area (Å²) < 4.78 is 11.1. The molecule has 3 N–H and O–H groups in total. The summed E-state index contributed by atoms with van der Waals surface area (Å²) in [7, 11) is 0. The van der Waals surface area contributed by atoms with E-state index in [0.29, 0.717) is 12.0 Å². The summed E-state index contributed by atoms with van der Waals surface area (Å²) in [6.07, 6.45) is 4.89. The lowest BCUT2D eigenvalue weighted by Crippen LogP contribution is -2.55. The van der Waals surface area contributed by atoms with Crippen LogP contribution in [-0.4, -0.2) is 69.5 Å². The van der Waals surface area contributed by atoms with Gasteiger partial charge in [-0.05, 0) is 66.0 Å². The van der Waals surface area contributed by atoms with Crippen molar-refractivity contribution in [1.82, 2.24) is 15.5 Å². The molecule has 0 aliphatic rings. The molecule has 0 saturated carbocycles. The Kier molecular flexibility index (Phi) is 16.5. The van der Waals surface area contributed by atoms with Gasteiger partial charge in [-0.25, -0.2) is 9.59 Å². The number of amides is 3. The molecule has 0 saturated heterocycles. The molecule has 2 aromatic rings. The summed E-state index contributed by atoms with van der Waals surface area (Å²) in [5.41, 5.74) is -0.136. The molecule has 2 aromatic carbocycles. The minimum Gasteiger partial charge on any atom is -0.507 e. The van der Waals surface area contributed by atoms with E-state index in [1.54, 1.807) is 66.7 Å². The molecular formula is C38H57N3O7S. The third kappa shape index (κ3) is 14.3. The van der Waals surface area contributed by atoms with Gasteiger partial charge < -0.3 is 30.1 Å². The zero-order chi connectivity index (χ0) is 36.8. The monoisotopic (exact) mass is 699 g/mol. The first-order valence-electron chi connectivity index (χ1n) is 17.2. The summed E-state index contributed by atoms with van der Waals surface area (Å²) in [4.78, 5) is 56.7. The fourth-order valence-corrected chi connectivity index (χ4v) is 5.53. The molecule has 0 aromatic heterocycles. The third-order valence-electron chi connectivity index (χ3n) is 7.62. The van der Waals surface area contributed by atoms with Crippen LogP contribution < -0.4 is 10.6 Å². The van der Waals surface area contributed by atoms with Gasteiger partial charge in [0.25, 0.3) is 0 Å². The van der Waals surface area contributed by atoms with Crippen molar-refractivity contribution in [3.05, 3.63) is 65.2 Å². The first-order valence-corrected chi connectivity index (χ1v) is 17.9. The summed E-state index contributed by atoms with van der Waals surface area (Å²) in [5, 5.41) is 16.8. The highest BCUT2D eigenvalue weighted by Gasteiger charge is 2.39. The number of phenols is 1. The zero-order valence-corrected chi connectivity index (χ0v) is 31.4. The summed E-state index contributed by atoms with van der Waals surface area (Å²) >= 11 is 4.38. The third-order valence-corrected chi connectivity index (χ3v) is 7.99. The summed E-state index contributed by atoms with van der Waals surface area (Å²) in [6, 6.07) is 10.6. The predicted octanol–water partition coefficient (Wildman–Crippen LogP) is 6.82. The Morgan fingerprint density at radius 2 is 1.43 bits per heavy atom. The van der Waals surface area contributed by atoms with Gasteiger partial charge in [0.1, 0.15) is 35.1 Å². The van der Waals surface area contributed by atoms with Gasteiger partial charge in [0.05, 0.1) is 0 Å². The SMILES string of the molecule is CCCCCCCCN(C(=O)C(CS)NC(=O)OC(C)(C)C)C(C(=O)NC(Cc1ccccc1)C(=O)OC(C)(C)C)c1cccc(C)c1O. The van der Waals surface area contributed by atoms with Crippen molar-refractivity contribution in [2.75, 3.05) is 12.3 Å². The molecular weight excluding hydrogens is 642 g/mol. The largest absolute Gasteiger partial charge is 0.507 e. The van der Waals surface area contributed by atoms with Gasteiger partial charge >= 0.3 is 12.1 Å². The van der Waals surface area contributed by atoms with Crippen LogP contribution in [0.1, 0.15) is 110 Å². The average molecular weight is 700 g/mol. The number of hydrogen-bond donors (Lipinski definition) is 4. The van der Waals surface area contributed by atoms with E-state index in [1.807, 2.05) is 30.3 Å². The molecule has 0 aliphatic carbocycles. The Morgan fingerprint density at radius 3 is 2.02 bits per heavy atom. The molecule has 0 radical (unpaired) electrons. The number of carbonyl (C=O) groups is 4. The van der Waals surface area contributed by atoms with Crippen molar-refractivity contribution in [3.8, 4) is 5.75 Å². The second kappa shape index (κ2) is 19.5. The van der Waals surface area contributed by atoms with E-state index in [2.05, 4.69) is 30.2 Å². The van der Waals surface area contributed by atoms with Gasteiger partial charge in [0.2, 0.25) is 11.8 Å². The number of unbranched alkanes of at least 4 members (excludes halogenated alkanes) is 5. The Hall–Kier alpha value is -3.73. The van der Waals surface area contributed by atoms with E-state index in [9.17, 15) is 24.3 Å². The Morgan fingerprint density at radius 1 is 0.816 bits per heavy atom. The van der Waals surface area contributed by atoms with E-state index in [1.165, 1.54) is 4.90 Å². The first-order chi connectivity index (χ1) is 23.0. The van der Waals surface area contributed by atoms with Crippen molar-refractivity contribution in [3.63, 3.8) is 0 Å². The van der Waals surface area contributed by atoms with Crippen LogP contribution in [0.15, 0.2) is 48.5 Å². The number of phenolic OH excluding ortho intramolecular Hbond substituents is 1. The first kappa shape index (κ1) is 41.4. The number of esters is 1. The van der Waals surface area contributed by atoms with Crippen LogP contribution in [0.5, 0.6) is 5.75 Å². The maximum Gasteiger partial charge on any atom is 0.408 e. The maximum absolute atomic E-state index is 14.6. The van der Waals surface area contributed by atoms with Crippen LogP contribution in [-0.2, 0) is 30.3 Å². The highest BCUT2D eigenvalue weighted by atomic mass is 32.1. The van der Waals surface area contributed by atoms with E-state index in [-0.39, 0.29) is 30.0 Å². The molecule has 0 spiro atoms. The van der Waals surface area contributed by atoms with Crippen LogP contribution in [0.2, 0.25) is 0 Å². The predicted molar refractivity (Wildman–Crippen MR) is 196 cm³/mol. The number of rotatable bonds is 17.